The second kappa shape index (κ2) is 6.89. The predicted molar refractivity (Wildman–Crippen MR) is 87.8 cm³/mol. The predicted octanol–water partition coefficient (Wildman–Crippen LogP) is 4.60. The Labute approximate surface area is 142 Å². The monoisotopic (exact) mass is 351 g/mol. The highest BCUT2D eigenvalue weighted by molar-refractivity contribution is 7.99. The van der Waals surface area contributed by atoms with Gasteiger partial charge in [-0.3, -0.25) is 4.79 Å². The first-order chi connectivity index (χ1) is 11.4. The van der Waals surface area contributed by atoms with Crippen LogP contribution in [0.2, 0.25) is 0 Å². The van der Waals surface area contributed by atoms with Crippen molar-refractivity contribution in [3.63, 3.8) is 0 Å². The Balaban J connectivity index is 1.69. The fraction of sp³-hybridized carbons (Fsp3) is 0.278. The molecule has 0 bridgehead atoms. The zero-order chi connectivity index (χ0) is 17.2. The number of rotatable bonds is 3. The van der Waals surface area contributed by atoms with Gasteiger partial charge in [-0.05, 0) is 29.7 Å². The van der Waals surface area contributed by atoms with Gasteiger partial charge in [-0.1, -0.05) is 36.4 Å². The Morgan fingerprint density at radius 3 is 2.75 bits per heavy atom. The van der Waals surface area contributed by atoms with E-state index >= 15 is 0 Å². The van der Waals surface area contributed by atoms with E-state index < -0.39 is 11.7 Å². The average molecular weight is 351 g/mol. The Hall–Kier alpha value is -1.95. The van der Waals surface area contributed by atoms with E-state index in [2.05, 4.69) is 5.32 Å². The van der Waals surface area contributed by atoms with Crippen LogP contribution in [0.5, 0.6) is 0 Å². The minimum absolute atomic E-state index is 0.0598. The van der Waals surface area contributed by atoms with Gasteiger partial charge in [-0.15, -0.1) is 11.8 Å². The van der Waals surface area contributed by atoms with Crippen molar-refractivity contribution in [2.45, 2.75) is 30.0 Å². The van der Waals surface area contributed by atoms with E-state index in [0.29, 0.717) is 5.56 Å². The molecule has 1 heterocycles. The Morgan fingerprint density at radius 1 is 1.17 bits per heavy atom. The van der Waals surface area contributed by atoms with Crippen LogP contribution in [0.15, 0.2) is 53.4 Å². The van der Waals surface area contributed by atoms with Gasteiger partial charge in [-0.2, -0.15) is 13.2 Å². The summed E-state index contributed by atoms with van der Waals surface area (Å²) in [5.41, 5.74) is 0.708. The van der Waals surface area contributed by atoms with Crippen molar-refractivity contribution in [2.75, 3.05) is 5.75 Å². The molecule has 126 valence electrons. The third-order valence-corrected chi connectivity index (χ3v) is 5.04. The maximum atomic E-state index is 12.7. The fourth-order valence-corrected chi connectivity index (χ4v) is 3.91. The van der Waals surface area contributed by atoms with Gasteiger partial charge in [0.1, 0.15) is 0 Å². The molecular weight excluding hydrogens is 335 g/mol. The number of thioether (sulfide) groups is 1. The summed E-state index contributed by atoms with van der Waals surface area (Å²) in [5, 5.41) is 2.95. The largest absolute Gasteiger partial charge is 0.416 e. The summed E-state index contributed by atoms with van der Waals surface area (Å²) in [7, 11) is 0. The lowest BCUT2D eigenvalue weighted by Gasteiger charge is -2.26. The molecule has 0 saturated heterocycles. The minimum atomic E-state index is -4.40. The molecule has 0 spiro atoms. The number of fused-ring (bicyclic) bond motifs is 1. The first-order valence-electron chi connectivity index (χ1n) is 7.61. The Kier molecular flexibility index (Phi) is 4.85. The molecule has 1 atom stereocenters. The third kappa shape index (κ3) is 3.93. The number of carbonyl (C=O) groups is 1. The fourth-order valence-electron chi connectivity index (χ4n) is 2.78. The van der Waals surface area contributed by atoms with E-state index in [1.165, 1.54) is 6.07 Å². The minimum Gasteiger partial charge on any atom is -0.349 e. The molecule has 1 N–H and O–H groups in total. The summed E-state index contributed by atoms with van der Waals surface area (Å²) in [6.45, 7) is 0. The molecule has 0 fully saturated rings. The van der Waals surface area contributed by atoms with Gasteiger partial charge in [0.2, 0.25) is 5.91 Å². The molecule has 24 heavy (non-hydrogen) atoms. The van der Waals surface area contributed by atoms with Crippen LogP contribution < -0.4 is 5.32 Å². The number of hydrogen-bond acceptors (Lipinski definition) is 2. The van der Waals surface area contributed by atoms with Crippen LogP contribution in [0.25, 0.3) is 0 Å². The van der Waals surface area contributed by atoms with Crippen molar-refractivity contribution in [1.29, 1.82) is 0 Å². The molecule has 0 unspecified atom stereocenters. The maximum absolute atomic E-state index is 12.7. The summed E-state index contributed by atoms with van der Waals surface area (Å²) in [4.78, 5) is 13.4. The molecule has 1 amide bonds. The van der Waals surface area contributed by atoms with Crippen LogP contribution in [0, 0.1) is 0 Å². The molecule has 2 aromatic carbocycles. The number of nitrogens with one attached hydrogen (secondary N) is 1. The summed E-state index contributed by atoms with van der Waals surface area (Å²) >= 11 is 1.75. The number of halogens is 3. The van der Waals surface area contributed by atoms with Crippen molar-refractivity contribution in [3.05, 3.63) is 65.2 Å². The van der Waals surface area contributed by atoms with Crippen molar-refractivity contribution in [3.8, 4) is 0 Å². The molecule has 2 nitrogen and oxygen atoms in total. The van der Waals surface area contributed by atoms with Crippen LogP contribution in [0.4, 0.5) is 13.2 Å². The lowest BCUT2D eigenvalue weighted by Crippen LogP contribution is -2.31. The summed E-state index contributed by atoms with van der Waals surface area (Å²) in [5.74, 6) is 0.645. The van der Waals surface area contributed by atoms with E-state index in [1.807, 2.05) is 24.3 Å². The van der Waals surface area contributed by atoms with Gasteiger partial charge < -0.3 is 5.32 Å². The number of hydrogen-bond donors (Lipinski definition) is 1. The van der Waals surface area contributed by atoms with Crippen molar-refractivity contribution < 1.29 is 18.0 Å². The van der Waals surface area contributed by atoms with Crippen molar-refractivity contribution in [1.82, 2.24) is 5.32 Å². The van der Waals surface area contributed by atoms with Crippen LogP contribution in [0.3, 0.4) is 0 Å². The molecular formula is C18H16F3NOS. The first-order valence-corrected chi connectivity index (χ1v) is 8.59. The van der Waals surface area contributed by atoms with Crippen molar-refractivity contribution in [2.24, 2.45) is 0 Å². The molecule has 1 aliphatic rings. The maximum Gasteiger partial charge on any atom is 0.416 e. The topological polar surface area (TPSA) is 29.1 Å². The highest BCUT2D eigenvalue weighted by Crippen LogP contribution is 2.36. The molecule has 0 saturated carbocycles. The lowest BCUT2D eigenvalue weighted by atomic mass is 10.0. The van der Waals surface area contributed by atoms with Gasteiger partial charge in [0, 0.05) is 10.6 Å². The smallest absolute Gasteiger partial charge is 0.349 e. The van der Waals surface area contributed by atoms with E-state index in [1.54, 1.807) is 17.8 Å². The molecule has 0 aromatic heterocycles. The van der Waals surface area contributed by atoms with Crippen molar-refractivity contribution >= 4 is 17.7 Å². The van der Waals surface area contributed by atoms with E-state index in [0.717, 1.165) is 34.8 Å². The zero-order valence-electron chi connectivity index (χ0n) is 12.8. The van der Waals surface area contributed by atoms with Gasteiger partial charge in [0.25, 0.3) is 0 Å². The third-order valence-electron chi connectivity index (χ3n) is 3.91. The van der Waals surface area contributed by atoms with E-state index in [9.17, 15) is 18.0 Å². The molecule has 6 heteroatoms. The average Bonchev–Trinajstić information content (AvgIpc) is 2.54. The lowest BCUT2D eigenvalue weighted by molar-refractivity contribution is -0.137. The number of carbonyl (C=O) groups excluding carboxylic acids is 1. The second-order valence-corrected chi connectivity index (χ2v) is 6.81. The van der Waals surface area contributed by atoms with Gasteiger partial charge in [0.05, 0.1) is 18.0 Å². The highest BCUT2D eigenvalue weighted by Gasteiger charge is 2.30. The van der Waals surface area contributed by atoms with Gasteiger partial charge in [-0.25, -0.2) is 0 Å². The van der Waals surface area contributed by atoms with Crippen LogP contribution in [-0.2, 0) is 17.4 Å². The molecule has 0 aliphatic carbocycles. The zero-order valence-corrected chi connectivity index (χ0v) is 13.6. The Bertz CT molecular complexity index is 745. The van der Waals surface area contributed by atoms with E-state index in [-0.39, 0.29) is 18.4 Å². The van der Waals surface area contributed by atoms with Crippen LogP contribution >= 0.6 is 11.8 Å². The molecule has 1 aliphatic heterocycles. The van der Waals surface area contributed by atoms with E-state index in [4.69, 9.17) is 0 Å². The number of amides is 1. The first kappa shape index (κ1) is 16.9. The molecule has 3 rings (SSSR count). The quantitative estimate of drug-likeness (QED) is 0.875. The number of alkyl halides is 3. The molecule has 0 radical (unpaired) electrons. The van der Waals surface area contributed by atoms with Gasteiger partial charge in [0.15, 0.2) is 0 Å². The Morgan fingerprint density at radius 2 is 1.96 bits per heavy atom. The summed E-state index contributed by atoms with van der Waals surface area (Å²) < 4.78 is 38.2. The summed E-state index contributed by atoms with van der Waals surface area (Å²) in [6, 6.07) is 12.7. The summed E-state index contributed by atoms with van der Waals surface area (Å²) in [6.07, 6.45) is -3.64. The van der Waals surface area contributed by atoms with Crippen LogP contribution in [-0.4, -0.2) is 11.7 Å². The normalized spacial score (nSPS) is 17.2. The number of benzene rings is 2. The SMILES string of the molecule is O=C(Cc1cccc(C(F)(F)F)c1)N[C@@H]1CCSc2ccccc21. The standard InChI is InChI=1S/C18H16F3NOS/c19-18(20,21)13-5-3-4-12(10-13)11-17(23)22-15-8-9-24-16-7-2-1-6-14(15)16/h1-7,10,15H,8-9,11H2,(H,22,23)/t15-/m1/s1. The van der Waals surface area contributed by atoms with Crippen LogP contribution in [0.1, 0.15) is 29.2 Å². The molecule has 2 aromatic rings. The highest BCUT2D eigenvalue weighted by atomic mass is 32.2. The second-order valence-electron chi connectivity index (χ2n) is 5.67. The van der Waals surface area contributed by atoms with Gasteiger partial charge >= 0.3 is 6.18 Å².